The Morgan fingerprint density at radius 3 is 2.43 bits per heavy atom. The Kier molecular flexibility index (Phi) is 3.23. The van der Waals surface area contributed by atoms with Crippen molar-refractivity contribution >= 4 is 10.0 Å². The van der Waals surface area contributed by atoms with Gasteiger partial charge in [0.1, 0.15) is 0 Å². The molecule has 1 saturated heterocycles. The maximum Gasteiger partial charge on any atom is 0.214 e. The summed E-state index contributed by atoms with van der Waals surface area (Å²) in [5.41, 5.74) is -0.621. The number of aliphatic hydroxyl groups is 1. The zero-order valence-electron chi connectivity index (χ0n) is 9.02. The zero-order valence-corrected chi connectivity index (χ0v) is 9.84. The van der Waals surface area contributed by atoms with Crippen molar-refractivity contribution in [2.24, 2.45) is 5.92 Å². The van der Waals surface area contributed by atoms with E-state index in [-0.39, 0.29) is 18.3 Å². The van der Waals surface area contributed by atoms with Gasteiger partial charge in [-0.1, -0.05) is 13.8 Å². The van der Waals surface area contributed by atoms with Crippen LogP contribution in [0.15, 0.2) is 0 Å². The molecular weight excluding hydrogens is 202 g/mol. The normalized spacial score (nSPS) is 31.6. The van der Waals surface area contributed by atoms with E-state index in [2.05, 4.69) is 0 Å². The number of rotatable bonds is 3. The lowest BCUT2D eigenvalue weighted by molar-refractivity contribution is 0.103. The molecule has 1 aliphatic rings. The molecule has 0 aromatic rings. The molecule has 0 amide bonds. The first kappa shape index (κ1) is 11.9. The minimum Gasteiger partial charge on any atom is -0.394 e. The fraction of sp³-hybridized carbons (Fsp3) is 1.00. The quantitative estimate of drug-likeness (QED) is 0.752. The smallest absolute Gasteiger partial charge is 0.214 e. The van der Waals surface area contributed by atoms with E-state index in [1.165, 1.54) is 4.31 Å². The lowest BCUT2D eigenvalue weighted by atomic mass is 9.99. The van der Waals surface area contributed by atoms with E-state index in [1.807, 2.05) is 13.8 Å². The molecule has 2 atom stereocenters. The Labute approximate surface area is 86.0 Å². The molecule has 1 heterocycles. The molecule has 5 heteroatoms. The average molecular weight is 221 g/mol. The van der Waals surface area contributed by atoms with Gasteiger partial charge in [-0.3, -0.25) is 0 Å². The predicted octanol–water partition coefficient (Wildman–Crippen LogP) is 0.429. The molecule has 1 fully saturated rings. The number of hydrogen-bond donors (Lipinski definition) is 1. The first-order chi connectivity index (χ1) is 6.35. The molecule has 84 valence electrons. The van der Waals surface area contributed by atoms with Crippen LogP contribution in [-0.4, -0.2) is 42.3 Å². The summed E-state index contributed by atoms with van der Waals surface area (Å²) in [6.45, 7) is 6.03. The van der Waals surface area contributed by atoms with Crippen LogP contribution in [0.5, 0.6) is 0 Å². The van der Waals surface area contributed by atoms with E-state index in [9.17, 15) is 13.5 Å². The number of hydrogen-bond acceptors (Lipinski definition) is 3. The summed E-state index contributed by atoms with van der Waals surface area (Å²) >= 11 is 0. The largest absolute Gasteiger partial charge is 0.394 e. The predicted molar refractivity (Wildman–Crippen MR) is 55.4 cm³/mol. The Bertz CT molecular complexity index is 295. The van der Waals surface area contributed by atoms with Gasteiger partial charge in [0.05, 0.1) is 17.9 Å². The summed E-state index contributed by atoms with van der Waals surface area (Å²) in [4.78, 5) is 0. The van der Waals surface area contributed by atoms with Gasteiger partial charge in [-0.05, 0) is 19.3 Å². The van der Waals surface area contributed by atoms with Crippen molar-refractivity contribution in [3.05, 3.63) is 0 Å². The second kappa shape index (κ2) is 3.79. The Hall–Kier alpha value is -0.130. The molecule has 1 N–H and O–H groups in total. The molecule has 0 aromatic heterocycles. The average Bonchev–Trinajstić information content (AvgIpc) is 2.39. The lowest BCUT2D eigenvalue weighted by Gasteiger charge is -2.35. The van der Waals surface area contributed by atoms with Crippen LogP contribution in [0, 0.1) is 5.92 Å². The van der Waals surface area contributed by atoms with Crippen LogP contribution in [-0.2, 0) is 10.0 Å². The van der Waals surface area contributed by atoms with E-state index >= 15 is 0 Å². The van der Waals surface area contributed by atoms with Crippen molar-refractivity contribution in [3.8, 4) is 0 Å². The first-order valence-corrected chi connectivity index (χ1v) is 6.58. The fourth-order valence-corrected chi connectivity index (χ4v) is 4.17. The number of sulfonamides is 1. The molecule has 0 bridgehead atoms. The lowest BCUT2D eigenvalue weighted by Crippen LogP contribution is -2.49. The van der Waals surface area contributed by atoms with Crippen molar-refractivity contribution in [2.75, 3.05) is 18.9 Å². The van der Waals surface area contributed by atoms with Crippen molar-refractivity contribution in [1.82, 2.24) is 4.31 Å². The van der Waals surface area contributed by atoms with Crippen molar-refractivity contribution in [1.29, 1.82) is 0 Å². The standard InChI is InChI=1S/C9H19NO3S/c1-4-9(3,7-11)10-5-8(2)6-14(10,12)13/h8,11H,4-7H2,1-3H3. The minimum atomic E-state index is -3.14. The van der Waals surface area contributed by atoms with Crippen LogP contribution < -0.4 is 0 Å². The highest BCUT2D eigenvalue weighted by molar-refractivity contribution is 7.89. The number of nitrogens with zero attached hydrogens (tertiary/aromatic N) is 1. The molecular formula is C9H19NO3S. The van der Waals surface area contributed by atoms with Gasteiger partial charge in [0.15, 0.2) is 0 Å². The molecule has 0 aliphatic carbocycles. The van der Waals surface area contributed by atoms with Crippen LogP contribution in [0.4, 0.5) is 0 Å². The van der Waals surface area contributed by atoms with E-state index in [0.717, 1.165) is 0 Å². The van der Waals surface area contributed by atoms with Gasteiger partial charge in [-0.15, -0.1) is 0 Å². The molecule has 14 heavy (non-hydrogen) atoms. The van der Waals surface area contributed by atoms with E-state index in [0.29, 0.717) is 13.0 Å². The van der Waals surface area contributed by atoms with E-state index in [1.54, 1.807) is 6.92 Å². The molecule has 0 radical (unpaired) electrons. The third kappa shape index (κ3) is 1.94. The van der Waals surface area contributed by atoms with Gasteiger partial charge < -0.3 is 5.11 Å². The third-order valence-electron chi connectivity index (χ3n) is 3.01. The summed E-state index contributed by atoms with van der Waals surface area (Å²) in [5.74, 6) is 0.375. The van der Waals surface area contributed by atoms with Crippen LogP contribution in [0.2, 0.25) is 0 Å². The Morgan fingerprint density at radius 1 is 1.57 bits per heavy atom. The monoisotopic (exact) mass is 221 g/mol. The van der Waals surface area contributed by atoms with Crippen LogP contribution in [0.3, 0.4) is 0 Å². The molecule has 2 unspecified atom stereocenters. The second-order valence-corrected chi connectivity index (χ2v) is 6.36. The molecule has 0 aromatic carbocycles. The van der Waals surface area contributed by atoms with Crippen molar-refractivity contribution < 1.29 is 13.5 Å². The van der Waals surface area contributed by atoms with Crippen LogP contribution in [0.1, 0.15) is 27.2 Å². The maximum atomic E-state index is 11.8. The summed E-state index contributed by atoms with van der Waals surface area (Å²) in [6.07, 6.45) is 0.634. The van der Waals surface area contributed by atoms with Crippen molar-refractivity contribution in [3.63, 3.8) is 0 Å². The molecule has 1 aliphatic heterocycles. The number of aliphatic hydroxyl groups excluding tert-OH is 1. The SMILES string of the molecule is CCC(C)(CO)N1CC(C)CS1(=O)=O. The Balaban J connectivity index is 2.98. The fourth-order valence-electron chi connectivity index (χ4n) is 1.82. The minimum absolute atomic E-state index is 0.116. The highest BCUT2D eigenvalue weighted by Crippen LogP contribution is 2.29. The maximum absolute atomic E-state index is 11.8. The molecule has 0 spiro atoms. The van der Waals surface area contributed by atoms with Crippen molar-refractivity contribution in [2.45, 2.75) is 32.7 Å². The molecule has 0 saturated carbocycles. The third-order valence-corrected chi connectivity index (χ3v) is 5.26. The van der Waals surface area contributed by atoms with E-state index in [4.69, 9.17) is 0 Å². The van der Waals surface area contributed by atoms with E-state index < -0.39 is 15.6 Å². The summed E-state index contributed by atoms with van der Waals surface area (Å²) < 4.78 is 25.0. The van der Waals surface area contributed by atoms with Gasteiger partial charge in [0.2, 0.25) is 10.0 Å². The van der Waals surface area contributed by atoms with Gasteiger partial charge in [-0.2, -0.15) is 4.31 Å². The van der Waals surface area contributed by atoms with Crippen LogP contribution in [0.25, 0.3) is 0 Å². The topological polar surface area (TPSA) is 57.6 Å². The zero-order chi connectivity index (χ0) is 11.0. The van der Waals surface area contributed by atoms with Gasteiger partial charge in [-0.25, -0.2) is 8.42 Å². The molecule has 4 nitrogen and oxygen atoms in total. The molecule has 1 rings (SSSR count). The van der Waals surface area contributed by atoms with Gasteiger partial charge in [0, 0.05) is 6.54 Å². The summed E-state index contributed by atoms with van der Waals surface area (Å²) in [6, 6.07) is 0. The highest BCUT2D eigenvalue weighted by atomic mass is 32.2. The second-order valence-electron chi connectivity index (χ2n) is 4.42. The highest BCUT2D eigenvalue weighted by Gasteiger charge is 2.43. The van der Waals surface area contributed by atoms with Crippen LogP contribution >= 0.6 is 0 Å². The summed E-state index contributed by atoms with van der Waals surface area (Å²) in [7, 11) is -3.14. The van der Waals surface area contributed by atoms with Gasteiger partial charge in [0.25, 0.3) is 0 Å². The van der Waals surface area contributed by atoms with Gasteiger partial charge >= 0.3 is 0 Å². The first-order valence-electron chi connectivity index (χ1n) is 4.97. The Morgan fingerprint density at radius 2 is 2.14 bits per heavy atom. The summed E-state index contributed by atoms with van der Waals surface area (Å²) in [5, 5.41) is 9.26.